The van der Waals surface area contributed by atoms with Gasteiger partial charge in [-0.3, -0.25) is 0 Å². The standard InChI is InChI=1S/C13H20N2O2/c1-17-13-11(3-2-4-12(13)16)5-8-15-9-6-14-7-10-15/h2-4,14,16H,5-10H2,1H3. The molecule has 1 saturated heterocycles. The van der Waals surface area contributed by atoms with Gasteiger partial charge in [-0.25, -0.2) is 0 Å². The van der Waals surface area contributed by atoms with Crippen molar-refractivity contribution in [2.45, 2.75) is 6.42 Å². The van der Waals surface area contributed by atoms with Crippen molar-refractivity contribution in [2.24, 2.45) is 0 Å². The van der Waals surface area contributed by atoms with Gasteiger partial charge in [-0.15, -0.1) is 0 Å². The van der Waals surface area contributed by atoms with Gasteiger partial charge >= 0.3 is 0 Å². The van der Waals surface area contributed by atoms with Gasteiger partial charge in [0, 0.05) is 32.7 Å². The Morgan fingerprint density at radius 1 is 1.35 bits per heavy atom. The molecule has 0 atom stereocenters. The number of rotatable bonds is 4. The average molecular weight is 236 g/mol. The Hall–Kier alpha value is -1.26. The van der Waals surface area contributed by atoms with Gasteiger partial charge in [0.25, 0.3) is 0 Å². The van der Waals surface area contributed by atoms with Crippen molar-refractivity contribution >= 4 is 0 Å². The molecular weight excluding hydrogens is 216 g/mol. The summed E-state index contributed by atoms with van der Waals surface area (Å²) in [5.41, 5.74) is 1.08. The zero-order valence-electron chi connectivity index (χ0n) is 10.3. The first kappa shape index (κ1) is 12.2. The van der Waals surface area contributed by atoms with E-state index in [1.54, 1.807) is 13.2 Å². The summed E-state index contributed by atoms with van der Waals surface area (Å²) in [5.74, 6) is 0.841. The van der Waals surface area contributed by atoms with Crippen molar-refractivity contribution in [2.75, 3.05) is 39.8 Å². The van der Waals surface area contributed by atoms with Crippen molar-refractivity contribution in [3.8, 4) is 11.5 Å². The molecule has 0 unspecified atom stereocenters. The second-order valence-electron chi connectivity index (χ2n) is 4.31. The van der Waals surface area contributed by atoms with Crippen LogP contribution in [0.5, 0.6) is 11.5 Å². The Morgan fingerprint density at radius 3 is 2.82 bits per heavy atom. The van der Waals surface area contributed by atoms with Gasteiger partial charge in [0.1, 0.15) is 0 Å². The molecule has 17 heavy (non-hydrogen) atoms. The van der Waals surface area contributed by atoms with Gasteiger partial charge in [-0.05, 0) is 18.1 Å². The minimum atomic E-state index is 0.227. The Morgan fingerprint density at radius 2 is 2.12 bits per heavy atom. The summed E-state index contributed by atoms with van der Waals surface area (Å²) in [6.07, 6.45) is 0.914. The predicted molar refractivity (Wildman–Crippen MR) is 67.7 cm³/mol. The van der Waals surface area contributed by atoms with Gasteiger partial charge < -0.3 is 20.1 Å². The number of nitrogens with one attached hydrogen (secondary N) is 1. The van der Waals surface area contributed by atoms with Crippen LogP contribution >= 0.6 is 0 Å². The van der Waals surface area contributed by atoms with Crippen LogP contribution in [0.25, 0.3) is 0 Å². The smallest absolute Gasteiger partial charge is 0.163 e. The third kappa shape index (κ3) is 3.11. The zero-order chi connectivity index (χ0) is 12.1. The van der Waals surface area contributed by atoms with E-state index in [2.05, 4.69) is 10.2 Å². The third-order valence-corrected chi connectivity index (χ3v) is 3.19. The van der Waals surface area contributed by atoms with Crippen LogP contribution in [-0.2, 0) is 6.42 Å². The Kier molecular flexibility index (Phi) is 4.23. The summed E-state index contributed by atoms with van der Waals surface area (Å²) in [7, 11) is 1.60. The largest absolute Gasteiger partial charge is 0.504 e. The van der Waals surface area contributed by atoms with E-state index in [4.69, 9.17) is 4.74 Å². The highest BCUT2D eigenvalue weighted by molar-refractivity contribution is 5.45. The lowest BCUT2D eigenvalue weighted by molar-refractivity contribution is 0.243. The molecule has 2 N–H and O–H groups in total. The number of methoxy groups -OCH3 is 1. The van der Waals surface area contributed by atoms with Gasteiger partial charge in [0.05, 0.1) is 7.11 Å². The SMILES string of the molecule is COc1c(O)cccc1CCN1CCNCC1. The number of phenolic OH excluding ortho intramolecular Hbond substituents is 1. The molecule has 1 aromatic carbocycles. The van der Waals surface area contributed by atoms with E-state index < -0.39 is 0 Å². The molecule has 1 aliphatic heterocycles. The topological polar surface area (TPSA) is 44.7 Å². The van der Waals surface area contributed by atoms with E-state index in [0.29, 0.717) is 5.75 Å². The molecule has 0 amide bonds. The van der Waals surface area contributed by atoms with Crippen molar-refractivity contribution in [1.29, 1.82) is 0 Å². The van der Waals surface area contributed by atoms with Crippen LogP contribution in [0.15, 0.2) is 18.2 Å². The van der Waals surface area contributed by atoms with E-state index in [1.807, 2.05) is 12.1 Å². The molecule has 0 bridgehead atoms. The van der Waals surface area contributed by atoms with Gasteiger partial charge in [-0.2, -0.15) is 0 Å². The average Bonchev–Trinajstić information content (AvgIpc) is 2.37. The summed E-state index contributed by atoms with van der Waals surface area (Å²) >= 11 is 0. The number of aromatic hydroxyl groups is 1. The van der Waals surface area contributed by atoms with E-state index in [-0.39, 0.29) is 5.75 Å². The van der Waals surface area contributed by atoms with E-state index in [0.717, 1.165) is 44.7 Å². The maximum Gasteiger partial charge on any atom is 0.163 e. The normalized spacial score (nSPS) is 17.0. The summed E-state index contributed by atoms with van der Waals surface area (Å²) in [5, 5.41) is 13.0. The molecular formula is C13H20N2O2. The lowest BCUT2D eigenvalue weighted by atomic mass is 10.1. The van der Waals surface area contributed by atoms with Crippen LogP contribution in [0.1, 0.15) is 5.56 Å². The first-order valence-corrected chi connectivity index (χ1v) is 6.09. The Labute approximate surface area is 102 Å². The van der Waals surface area contributed by atoms with Crippen molar-refractivity contribution in [1.82, 2.24) is 10.2 Å². The Balaban J connectivity index is 1.95. The highest BCUT2D eigenvalue weighted by Gasteiger charge is 2.12. The predicted octanol–water partition coefficient (Wildman–Crippen LogP) is 0.848. The molecule has 0 aromatic heterocycles. The number of piperazine rings is 1. The van der Waals surface area contributed by atoms with Crippen LogP contribution in [0, 0.1) is 0 Å². The zero-order valence-corrected chi connectivity index (χ0v) is 10.3. The van der Waals surface area contributed by atoms with Crippen LogP contribution in [-0.4, -0.2) is 49.8 Å². The highest BCUT2D eigenvalue weighted by atomic mass is 16.5. The summed E-state index contributed by atoms with van der Waals surface area (Å²) in [4.78, 5) is 2.43. The summed E-state index contributed by atoms with van der Waals surface area (Å²) in [6, 6.07) is 5.54. The number of hydrogen-bond donors (Lipinski definition) is 2. The molecule has 0 saturated carbocycles. The van der Waals surface area contributed by atoms with Crippen LogP contribution in [0.4, 0.5) is 0 Å². The van der Waals surface area contributed by atoms with Crippen molar-refractivity contribution in [3.05, 3.63) is 23.8 Å². The maximum atomic E-state index is 9.68. The number of nitrogens with zero attached hydrogens (tertiary/aromatic N) is 1. The number of hydrogen-bond acceptors (Lipinski definition) is 4. The molecule has 4 heteroatoms. The summed E-state index contributed by atoms with van der Waals surface area (Å²) in [6.45, 7) is 5.35. The minimum Gasteiger partial charge on any atom is -0.504 e. The fourth-order valence-corrected chi connectivity index (χ4v) is 2.22. The molecule has 2 rings (SSSR count). The molecule has 1 fully saturated rings. The van der Waals surface area contributed by atoms with Gasteiger partial charge in [-0.1, -0.05) is 12.1 Å². The number of ether oxygens (including phenoxy) is 1. The fraction of sp³-hybridized carbons (Fsp3) is 0.538. The molecule has 0 spiro atoms. The molecule has 1 heterocycles. The van der Waals surface area contributed by atoms with Crippen molar-refractivity contribution in [3.63, 3.8) is 0 Å². The first-order chi connectivity index (χ1) is 8.31. The van der Waals surface area contributed by atoms with E-state index in [9.17, 15) is 5.11 Å². The lowest BCUT2D eigenvalue weighted by Crippen LogP contribution is -2.44. The quantitative estimate of drug-likeness (QED) is 0.813. The van der Waals surface area contributed by atoms with Gasteiger partial charge in [0.2, 0.25) is 0 Å². The van der Waals surface area contributed by atoms with E-state index >= 15 is 0 Å². The highest BCUT2D eigenvalue weighted by Crippen LogP contribution is 2.29. The third-order valence-electron chi connectivity index (χ3n) is 3.19. The maximum absolute atomic E-state index is 9.68. The lowest BCUT2D eigenvalue weighted by Gasteiger charge is -2.27. The molecule has 0 radical (unpaired) electrons. The molecule has 0 aliphatic carbocycles. The van der Waals surface area contributed by atoms with Crippen molar-refractivity contribution < 1.29 is 9.84 Å². The second kappa shape index (κ2) is 5.89. The molecule has 4 nitrogen and oxygen atoms in total. The minimum absolute atomic E-state index is 0.227. The number of para-hydroxylation sites is 1. The molecule has 94 valence electrons. The van der Waals surface area contributed by atoms with Crippen LogP contribution < -0.4 is 10.1 Å². The second-order valence-corrected chi connectivity index (χ2v) is 4.31. The molecule has 1 aromatic rings. The monoisotopic (exact) mass is 236 g/mol. The Bertz CT molecular complexity index is 362. The fourth-order valence-electron chi connectivity index (χ4n) is 2.22. The first-order valence-electron chi connectivity index (χ1n) is 6.09. The number of benzene rings is 1. The van der Waals surface area contributed by atoms with E-state index in [1.165, 1.54) is 0 Å². The van der Waals surface area contributed by atoms with Crippen LogP contribution in [0.2, 0.25) is 0 Å². The summed E-state index contributed by atoms with van der Waals surface area (Å²) < 4.78 is 5.24. The number of phenols is 1. The van der Waals surface area contributed by atoms with Crippen LogP contribution in [0.3, 0.4) is 0 Å². The molecule has 1 aliphatic rings. The van der Waals surface area contributed by atoms with Gasteiger partial charge in [0.15, 0.2) is 11.5 Å².